The second-order valence-corrected chi connectivity index (χ2v) is 29.9. The molecule has 0 radical (unpaired) electrons. The largest absolute Gasteiger partial charge is 0.472 e. The lowest BCUT2D eigenvalue weighted by Gasteiger charge is -2.21. The molecule has 0 fully saturated rings. The molecule has 3 N–H and O–H groups in total. The molecule has 5 atom stereocenters. The van der Waals surface area contributed by atoms with E-state index in [0.717, 1.165) is 180 Å². The quantitative estimate of drug-likeness (QED) is 0.0169. The van der Waals surface area contributed by atoms with Crippen molar-refractivity contribution in [2.24, 2.45) is 0 Å². The van der Waals surface area contributed by atoms with Crippen molar-refractivity contribution >= 4 is 39.5 Å². The molecule has 0 aromatic carbocycles. The van der Waals surface area contributed by atoms with Crippen molar-refractivity contribution in [1.29, 1.82) is 0 Å². The molecule has 0 saturated heterocycles. The Kier molecular flexibility index (Phi) is 73.3. The van der Waals surface area contributed by atoms with Gasteiger partial charge < -0.3 is 33.8 Å². The SMILES string of the molecule is CC/C=C\C/C=C\C/C=C\C/C=C\C/C=C\CCCCCC(=O)O[C@H](COC(=O)CCCCCCC/C=C\C/C=C\CCCCC)COP(=O)(O)OC[C@@H](O)COP(=O)(O)OC[C@@H](COC(=O)CCCCCCCCC/C=C\CCCCCC)OC(=O)CCCCCCC/C=C\C/C=C\CCCCC. The molecule has 0 aliphatic carbocycles. The Morgan fingerprint density at radius 3 is 0.808 bits per heavy atom. The molecule has 598 valence electrons. The Bertz CT molecular complexity index is 2440. The van der Waals surface area contributed by atoms with Crippen LogP contribution in [-0.4, -0.2) is 96.7 Å². The monoisotopic (exact) mass is 1500 g/mol. The lowest BCUT2D eigenvalue weighted by Crippen LogP contribution is -2.30. The molecule has 0 aliphatic rings. The van der Waals surface area contributed by atoms with Crippen molar-refractivity contribution in [2.75, 3.05) is 39.6 Å². The molecule has 2 unspecified atom stereocenters. The van der Waals surface area contributed by atoms with Gasteiger partial charge in [0, 0.05) is 25.7 Å². The number of phosphoric acid groups is 2. The van der Waals surface area contributed by atoms with E-state index in [1.54, 1.807) is 0 Å². The van der Waals surface area contributed by atoms with Gasteiger partial charge in [0.05, 0.1) is 26.4 Å². The lowest BCUT2D eigenvalue weighted by atomic mass is 10.1. The minimum Gasteiger partial charge on any atom is -0.462 e. The predicted molar refractivity (Wildman–Crippen MR) is 427 cm³/mol. The number of carbonyl (C=O) groups excluding carboxylic acids is 4. The fourth-order valence-electron chi connectivity index (χ4n) is 10.7. The minimum atomic E-state index is -4.99. The molecule has 0 rings (SSSR count). The number of esters is 4. The molecule has 0 heterocycles. The third-order valence-corrected chi connectivity index (χ3v) is 18.8. The Balaban J connectivity index is 5.42. The number of unbranched alkanes of at least 4 members (excludes halogenated alkanes) is 30. The van der Waals surface area contributed by atoms with Crippen LogP contribution in [0, 0.1) is 0 Å². The van der Waals surface area contributed by atoms with Crippen molar-refractivity contribution in [3.8, 4) is 0 Å². The van der Waals surface area contributed by atoms with Crippen LogP contribution in [0.2, 0.25) is 0 Å². The maximum atomic E-state index is 13.1. The summed E-state index contributed by atoms with van der Waals surface area (Å²) in [4.78, 5) is 73.1. The molecule has 0 aliphatic heterocycles. The van der Waals surface area contributed by atoms with Crippen molar-refractivity contribution < 1.29 is 80.2 Å². The van der Waals surface area contributed by atoms with Crippen molar-refractivity contribution in [2.45, 2.75) is 354 Å². The second-order valence-electron chi connectivity index (χ2n) is 27.0. The first-order valence-corrected chi connectivity index (χ1v) is 43.8. The molecule has 0 spiro atoms. The number of rotatable bonds is 76. The van der Waals surface area contributed by atoms with E-state index in [1.165, 1.54) is 77.0 Å². The molecule has 17 nitrogen and oxygen atoms in total. The van der Waals surface area contributed by atoms with Crippen LogP contribution in [0.5, 0.6) is 0 Å². The third-order valence-electron chi connectivity index (χ3n) is 16.9. The van der Waals surface area contributed by atoms with Crippen LogP contribution < -0.4 is 0 Å². The van der Waals surface area contributed by atoms with Gasteiger partial charge in [0.2, 0.25) is 0 Å². The van der Waals surface area contributed by atoms with E-state index in [1.807, 2.05) is 0 Å². The van der Waals surface area contributed by atoms with Gasteiger partial charge in [-0.3, -0.25) is 37.3 Å². The topological polar surface area (TPSA) is 237 Å². The molecule has 0 amide bonds. The zero-order chi connectivity index (χ0) is 76.0. The van der Waals surface area contributed by atoms with E-state index < -0.39 is 97.5 Å². The summed E-state index contributed by atoms with van der Waals surface area (Å²) in [5.74, 6) is -2.24. The predicted octanol–water partition coefficient (Wildman–Crippen LogP) is 23.9. The van der Waals surface area contributed by atoms with E-state index in [9.17, 15) is 43.2 Å². The van der Waals surface area contributed by atoms with Crippen molar-refractivity contribution in [3.05, 3.63) is 122 Å². The van der Waals surface area contributed by atoms with E-state index in [2.05, 4.69) is 149 Å². The van der Waals surface area contributed by atoms with Crippen LogP contribution in [0.25, 0.3) is 0 Å². The molecule has 0 aromatic rings. The first kappa shape index (κ1) is 99.5. The fourth-order valence-corrected chi connectivity index (χ4v) is 12.2. The van der Waals surface area contributed by atoms with Crippen LogP contribution in [0.3, 0.4) is 0 Å². The summed E-state index contributed by atoms with van der Waals surface area (Å²) in [6, 6.07) is 0. The molecule has 19 heteroatoms. The summed E-state index contributed by atoms with van der Waals surface area (Å²) in [6.45, 7) is 4.65. The summed E-state index contributed by atoms with van der Waals surface area (Å²) in [5, 5.41) is 10.6. The van der Waals surface area contributed by atoms with E-state index in [4.69, 9.17) is 37.0 Å². The van der Waals surface area contributed by atoms with Gasteiger partial charge in [0.15, 0.2) is 12.2 Å². The summed E-state index contributed by atoms with van der Waals surface area (Å²) >= 11 is 0. The van der Waals surface area contributed by atoms with Gasteiger partial charge in [0.25, 0.3) is 0 Å². The second kappa shape index (κ2) is 76.6. The maximum absolute atomic E-state index is 13.1. The fraction of sp³-hybridized carbons (Fsp3) is 0.718. The van der Waals surface area contributed by atoms with Gasteiger partial charge in [-0.25, -0.2) is 9.13 Å². The first-order chi connectivity index (χ1) is 50.7. The van der Waals surface area contributed by atoms with Gasteiger partial charge in [-0.2, -0.15) is 0 Å². The number of aliphatic hydroxyl groups excluding tert-OH is 1. The molecular weight excluding hydrogens is 1350 g/mol. The summed E-state index contributed by atoms with van der Waals surface area (Å²) in [5.41, 5.74) is 0. The highest BCUT2D eigenvalue weighted by molar-refractivity contribution is 7.47. The number of allylic oxidation sites excluding steroid dienone is 20. The highest BCUT2D eigenvalue weighted by Gasteiger charge is 2.30. The van der Waals surface area contributed by atoms with Crippen LogP contribution in [-0.2, 0) is 65.4 Å². The Hall–Kier alpha value is -4.54. The van der Waals surface area contributed by atoms with Gasteiger partial charge in [-0.05, 0) is 161 Å². The molecular formula is C85H146O17P2. The van der Waals surface area contributed by atoms with Crippen LogP contribution in [0.1, 0.15) is 336 Å². The minimum absolute atomic E-state index is 0.0503. The zero-order valence-corrected chi connectivity index (χ0v) is 67.2. The summed E-state index contributed by atoms with van der Waals surface area (Å²) in [7, 11) is -9.98. The highest BCUT2D eigenvalue weighted by Crippen LogP contribution is 2.45. The lowest BCUT2D eigenvalue weighted by molar-refractivity contribution is -0.161. The van der Waals surface area contributed by atoms with E-state index in [-0.39, 0.29) is 25.7 Å². The van der Waals surface area contributed by atoms with Gasteiger partial charge >= 0.3 is 39.5 Å². The standard InChI is InChI=1S/C85H146O17P2/c1-5-9-13-17-21-25-29-33-37-38-39-40-44-48-52-56-60-64-68-72-85(90)102-81(76-96-83(88)70-66-62-58-54-50-46-42-35-31-27-23-19-15-11-7-3)78-100-104(93,94)98-74-79(86)73-97-103(91,92)99-77-80(101-84(89)71-67-63-59-55-51-47-43-36-32-28-24-20-16-12-8-4)75-95-82(87)69-65-61-57-53-49-45-41-34-30-26-22-18-14-10-6-2/h9,13,21,23-28,30,33,35-37,39-40,42-43,48,52,79-81,86H,5-8,10-12,14-20,22,29,31-32,34,38,41,44-47,49-51,53-78H2,1-4H3,(H,91,92)(H,93,94)/b13-9-,25-21-,27-23-,28-24-,30-26-,37-33-,40-39-,42-35-,43-36-,52-48-/t79-,80+,81+/m0/s1. The van der Waals surface area contributed by atoms with Crippen LogP contribution >= 0.6 is 15.6 Å². The van der Waals surface area contributed by atoms with E-state index >= 15 is 0 Å². The molecule has 0 bridgehead atoms. The van der Waals surface area contributed by atoms with E-state index in [0.29, 0.717) is 25.7 Å². The summed E-state index contributed by atoms with van der Waals surface area (Å²) < 4.78 is 68.6. The number of phosphoric ester groups is 2. The van der Waals surface area contributed by atoms with Gasteiger partial charge in [-0.1, -0.05) is 271 Å². The number of hydrogen-bond acceptors (Lipinski definition) is 15. The highest BCUT2D eigenvalue weighted by atomic mass is 31.2. The number of aliphatic hydroxyl groups is 1. The normalized spacial score (nSPS) is 14.5. The van der Waals surface area contributed by atoms with Crippen molar-refractivity contribution in [3.63, 3.8) is 0 Å². The van der Waals surface area contributed by atoms with Gasteiger partial charge in [-0.15, -0.1) is 0 Å². The zero-order valence-electron chi connectivity index (χ0n) is 65.4. The average Bonchev–Trinajstić information content (AvgIpc) is 0.943. The van der Waals surface area contributed by atoms with Crippen molar-refractivity contribution in [1.82, 2.24) is 0 Å². The molecule has 104 heavy (non-hydrogen) atoms. The third kappa shape index (κ3) is 75.7. The summed E-state index contributed by atoms with van der Waals surface area (Å²) in [6.07, 6.45) is 84.5. The maximum Gasteiger partial charge on any atom is 0.472 e. The Morgan fingerprint density at radius 1 is 0.279 bits per heavy atom. The average molecular weight is 1500 g/mol. The Labute approximate surface area is 632 Å². The Morgan fingerprint density at radius 2 is 0.500 bits per heavy atom. The molecule has 0 aromatic heterocycles. The number of ether oxygens (including phenoxy) is 4. The van der Waals surface area contributed by atoms with Crippen LogP contribution in [0.4, 0.5) is 0 Å². The van der Waals surface area contributed by atoms with Crippen LogP contribution in [0.15, 0.2) is 122 Å². The smallest absolute Gasteiger partial charge is 0.462 e. The number of carbonyl (C=O) groups is 4. The molecule has 0 saturated carbocycles. The number of hydrogen-bond donors (Lipinski definition) is 3. The van der Waals surface area contributed by atoms with Gasteiger partial charge in [0.1, 0.15) is 19.3 Å². The first-order valence-electron chi connectivity index (χ1n) is 40.8.